The third kappa shape index (κ3) is 4.50. The summed E-state index contributed by atoms with van der Waals surface area (Å²) in [5.41, 5.74) is 0.524. The summed E-state index contributed by atoms with van der Waals surface area (Å²) in [5.74, 6) is -0.609. The lowest BCUT2D eigenvalue weighted by atomic mass is 10.1. The van der Waals surface area contributed by atoms with Gasteiger partial charge in [0.2, 0.25) is 5.91 Å². The van der Waals surface area contributed by atoms with Crippen molar-refractivity contribution in [2.45, 2.75) is 6.92 Å². The van der Waals surface area contributed by atoms with Crippen molar-refractivity contribution >= 4 is 24.0 Å². The number of hydrogen-bond acceptors (Lipinski definition) is 3. The molecular weight excluding hydrogens is 259 g/mol. The number of carbonyl (C=O) groups excluding carboxylic acids is 1. The van der Waals surface area contributed by atoms with Gasteiger partial charge in [0, 0.05) is 24.2 Å². The third-order valence-electron chi connectivity index (χ3n) is 2.38. The van der Waals surface area contributed by atoms with Gasteiger partial charge in [-0.15, -0.1) is 12.4 Å². The summed E-state index contributed by atoms with van der Waals surface area (Å²) in [6, 6.07) is 4.22. The molecule has 6 heteroatoms. The fraction of sp³-hybridized carbons (Fsp3) is 0.417. The van der Waals surface area contributed by atoms with E-state index in [9.17, 15) is 9.18 Å². The Labute approximate surface area is 112 Å². The van der Waals surface area contributed by atoms with Gasteiger partial charge in [0.1, 0.15) is 0 Å². The highest BCUT2D eigenvalue weighted by atomic mass is 35.5. The van der Waals surface area contributed by atoms with Crippen LogP contribution in [-0.2, 0) is 4.79 Å². The van der Waals surface area contributed by atoms with Crippen molar-refractivity contribution < 1.29 is 13.9 Å². The minimum Gasteiger partial charge on any atom is -0.494 e. The Balaban J connectivity index is 0.00000289. The number of amides is 1. The number of nitrogens with one attached hydrogen (secondary N) is 2. The molecule has 0 aliphatic heterocycles. The van der Waals surface area contributed by atoms with Gasteiger partial charge in [-0.05, 0) is 19.2 Å². The molecule has 0 radical (unpaired) electrons. The maximum Gasteiger partial charge on any atom is 0.228 e. The molecule has 2 N–H and O–H groups in total. The number of methoxy groups -OCH3 is 1. The van der Waals surface area contributed by atoms with Gasteiger partial charge < -0.3 is 15.4 Å². The summed E-state index contributed by atoms with van der Waals surface area (Å²) in [4.78, 5) is 11.7. The van der Waals surface area contributed by atoms with Crippen molar-refractivity contribution in [3.63, 3.8) is 0 Å². The average molecular weight is 277 g/mol. The van der Waals surface area contributed by atoms with Gasteiger partial charge in [-0.2, -0.15) is 0 Å². The van der Waals surface area contributed by atoms with E-state index < -0.39 is 5.82 Å². The maximum atomic E-state index is 13.1. The van der Waals surface area contributed by atoms with Crippen molar-refractivity contribution in [1.29, 1.82) is 0 Å². The van der Waals surface area contributed by atoms with E-state index in [0.717, 1.165) is 0 Å². The second-order valence-corrected chi connectivity index (χ2v) is 3.80. The fourth-order valence-corrected chi connectivity index (χ4v) is 1.40. The lowest BCUT2D eigenvalue weighted by molar-refractivity contribution is -0.119. The molecule has 0 saturated heterocycles. The summed E-state index contributed by atoms with van der Waals surface area (Å²) in [6.45, 7) is 2.40. The Morgan fingerprint density at radius 3 is 2.72 bits per heavy atom. The molecule has 1 atom stereocenters. The monoisotopic (exact) mass is 276 g/mol. The van der Waals surface area contributed by atoms with Gasteiger partial charge in [-0.1, -0.05) is 6.92 Å². The summed E-state index contributed by atoms with van der Waals surface area (Å²) >= 11 is 0. The van der Waals surface area contributed by atoms with Crippen LogP contribution >= 0.6 is 12.4 Å². The molecule has 18 heavy (non-hydrogen) atoms. The molecule has 102 valence electrons. The van der Waals surface area contributed by atoms with E-state index in [1.807, 2.05) is 6.92 Å². The Hall–Kier alpha value is -1.33. The molecule has 0 aromatic heterocycles. The zero-order chi connectivity index (χ0) is 12.8. The van der Waals surface area contributed by atoms with E-state index in [0.29, 0.717) is 12.2 Å². The predicted molar refractivity (Wildman–Crippen MR) is 71.9 cm³/mol. The Morgan fingerprint density at radius 2 is 2.17 bits per heavy atom. The minimum atomic E-state index is -0.450. The summed E-state index contributed by atoms with van der Waals surface area (Å²) in [6.07, 6.45) is 0. The molecule has 1 aromatic rings. The van der Waals surface area contributed by atoms with Crippen LogP contribution < -0.4 is 15.4 Å². The van der Waals surface area contributed by atoms with Gasteiger partial charge in [0.05, 0.1) is 7.11 Å². The minimum absolute atomic E-state index is 0. The molecule has 4 nitrogen and oxygen atoms in total. The number of ether oxygens (including phenoxy) is 1. The van der Waals surface area contributed by atoms with Crippen LogP contribution in [0.15, 0.2) is 18.2 Å². The zero-order valence-corrected chi connectivity index (χ0v) is 11.4. The van der Waals surface area contributed by atoms with Crippen molar-refractivity contribution in [1.82, 2.24) is 5.32 Å². The molecule has 0 heterocycles. The van der Waals surface area contributed by atoms with Crippen LogP contribution in [0.4, 0.5) is 10.1 Å². The van der Waals surface area contributed by atoms with Crippen molar-refractivity contribution in [2.24, 2.45) is 5.92 Å². The number of anilines is 1. The van der Waals surface area contributed by atoms with Crippen LogP contribution in [0.2, 0.25) is 0 Å². The van der Waals surface area contributed by atoms with E-state index in [4.69, 9.17) is 4.74 Å². The predicted octanol–water partition coefficient (Wildman–Crippen LogP) is 2.05. The lowest BCUT2D eigenvalue weighted by Crippen LogP contribution is -2.28. The van der Waals surface area contributed by atoms with Crippen LogP contribution in [0.5, 0.6) is 5.75 Å². The van der Waals surface area contributed by atoms with E-state index in [-0.39, 0.29) is 30.0 Å². The molecule has 0 bridgehead atoms. The molecule has 1 rings (SSSR count). The second-order valence-electron chi connectivity index (χ2n) is 3.80. The SMILES string of the molecule is CNCC(C)C(=O)Nc1ccc(F)c(OC)c1.Cl. The van der Waals surface area contributed by atoms with Crippen LogP contribution in [0.25, 0.3) is 0 Å². The molecule has 1 amide bonds. The summed E-state index contributed by atoms with van der Waals surface area (Å²) < 4.78 is 18.0. The van der Waals surface area contributed by atoms with Crippen molar-refractivity contribution in [3.8, 4) is 5.75 Å². The molecule has 0 fully saturated rings. The highest BCUT2D eigenvalue weighted by Crippen LogP contribution is 2.21. The Morgan fingerprint density at radius 1 is 1.50 bits per heavy atom. The van der Waals surface area contributed by atoms with E-state index in [2.05, 4.69) is 10.6 Å². The van der Waals surface area contributed by atoms with Gasteiger partial charge in [-0.3, -0.25) is 4.79 Å². The van der Waals surface area contributed by atoms with Gasteiger partial charge in [-0.25, -0.2) is 4.39 Å². The van der Waals surface area contributed by atoms with Gasteiger partial charge >= 0.3 is 0 Å². The molecule has 0 spiro atoms. The number of carbonyl (C=O) groups is 1. The van der Waals surface area contributed by atoms with Crippen molar-refractivity contribution in [2.75, 3.05) is 26.0 Å². The van der Waals surface area contributed by atoms with E-state index in [1.165, 1.54) is 25.3 Å². The van der Waals surface area contributed by atoms with Gasteiger partial charge in [0.15, 0.2) is 11.6 Å². The first kappa shape index (κ1) is 16.7. The van der Waals surface area contributed by atoms with Crippen LogP contribution in [0.1, 0.15) is 6.92 Å². The van der Waals surface area contributed by atoms with Crippen LogP contribution in [0, 0.1) is 11.7 Å². The molecule has 1 unspecified atom stereocenters. The maximum absolute atomic E-state index is 13.1. The highest BCUT2D eigenvalue weighted by molar-refractivity contribution is 5.92. The first-order valence-corrected chi connectivity index (χ1v) is 5.37. The third-order valence-corrected chi connectivity index (χ3v) is 2.38. The highest BCUT2D eigenvalue weighted by Gasteiger charge is 2.12. The fourth-order valence-electron chi connectivity index (χ4n) is 1.40. The second kappa shape index (κ2) is 7.89. The number of rotatable bonds is 5. The molecule has 0 saturated carbocycles. The normalized spacial score (nSPS) is 11.3. The topological polar surface area (TPSA) is 50.4 Å². The lowest BCUT2D eigenvalue weighted by Gasteiger charge is -2.12. The number of hydrogen-bond donors (Lipinski definition) is 2. The van der Waals surface area contributed by atoms with Crippen LogP contribution in [0.3, 0.4) is 0 Å². The molecule has 0 aliphatic rings. The zero-order valence-electron chi connectivity index (χ0n) is 10.6. The number of halogens is 2. The Bertz CT molecular complexity index is 402. The first-order valence-electron chi connectivity index (χ1n) is 5.37. The smallest absolute Gasteiger partial charge is 0.228 e. The molecule has 1 aromatic carbocycles. The molecular formula is C12H18ClFN2O2. The molecule has 0 aliphatic carbocycles. The van der Waals surface area contributed by atoms with Crippen LogP contribution in [-0.4, -0.2) is 26.6 Å². The Kier molecular flexibility index (Phi) is 7.31. The quantitative estimate of drug-likeness (QED) is 0.865. The number of benzene rings is 1. The van der Waals surface area contributed by atoms with Gasteiger partial charge in [0.25, 0.3) is 0 Å². The van der Waals surface area contributed by atoms with E-state index >= 15 is 0 Å². The van der Waals surface area contributed by atoms with Crippen molar-refractivity contribution in [3.05, 3.63) is 24.0 Å². The standard InChI is InChI=1S/C12H17FN2O2.ClH/c1-8(7-14-2)12(16)15-9-4-5-10(13)11(6-9)17-3;/h4-6,8,14H,7H2,1-3H3,(H,15,16);1H. The average Bonchev–Trinajstić information content (AvgIpc) is 2.31. The summed E-state index contributed by atoms with van der Waals surface area (Å²) in [7, 11) is 3.17. The first-order chi connectivity index (χ1) is 8.08. The summed E-state index contributed by atoms with van der Waals surface area (Å²) in [5, 5.41) is 5.62. The largest absolute Gasteiger partial charge is 0.494 e. The van der Waals surface area contributed by atoms with E-state index in [1.54, 1.807) is 7.05 Å².